The fraction of sp³-hybridized carbons (Fsp3) is 0.533. The molecule has 19 heavy (non-hydrogen) atoms. The molecule has 1 amide bonds. The van der Waals surface area contributed by atoms with E-state index in [2.05, 4.69) is 25.1 Å². The Morgan fingerprint density at radius 2 is 2.00 bits per heavy atom. The Bertz CT molecular complexity index is 480. The molecule has 3 nitrogen and oxygen atoms in total. The van der Waals surface area contributed by atoms with Crippen LogP contribution in [0.5, 0.6) is 0 Å². The van der Waals surface area contributed by atoms with Crippen molar-refractivity contribution >= 4 is 17.9 Å². The molecule has 0 fully saturated rings. The van der Waals surface area contributed by atoms with Crippen LogP contribution in [0.3, 0.4) is 0 Å². The molecule has 104 valence electrons. The number of carbonyl (C=O) groups excluding carboxylic acids is 1. The Kier molecular flexibility index (Phi) is 4.09. The summed E-state index contributed by atoms with van der Waals surface area (Å²) in [4.78, 5) is 15.1. The molecule has 1 aromatic rings. The largest absolute Gasteiger partial charge is 0.444 e. The molecule has 0 spiro atoms. The number of amides is 1. The number of benzene rings is 1. The van der Waals surface area contributed by atoms with Crippen LogP contribution in [0.1, 0.15) is 38.8 Å². The number of carbonyl (C=O) groups is 1. The van der Waals surface area contributed by atoms with Crippen molar-refractivity contribution in [1.29, 1.82) is 0 Å². The van der Waals surface area contributed by atoms with E-state index >= 15 is 0 Å². The van der Waals surface area contributed by atoms with Crippen LogP contribution in [0.25, 0.3) is 0 Å². The molecule has 1 aliphatic rings. The van der Waals surface area contributed by atoms with Crippen LogP contribution in [0, 0.1) is 0 Å². The smallest absolute Gasteiger partial charge is 0.410 e. The van der Waals surface area contributed by atoms with Gasteiger partial charge in [-0.05, 0) is 49.8 Å². The minimum Gasteiger partial charge on any atom is -0.444 e. The molecule has 0 saturated heterocycles. The summed E-state index contributed by atoms with van der Waals surface area (Å²) in [6.45, 7) is 9.13. The SMILES string of the molecule is CCSc1ccc2c(c1)CN(C(=O)OC(C)(C)C)C2. The fourth-order valence-electron chi connectivity index (χ4n) is 2.08. The van der Waals surface area contributed by atoms with E-state index in [-0.39, 0.29) is 6.09 Å². The summed E-state index contributed by atoms with van der Waals surface area (Å²) in [6.07, 6.45) is -0.228. The highest BCUT2D eigenvalue weighted by atomic mass is 32.2. The van der Waals surface area contributed by atoms with Gasteiger partial charge in [0.15, 0.2) is 0 Å². The average molecular weight is 279 g/mol. The molecule has 0 unspecified atom stereocenters. The third kappa shape index (κ3) is 3.66. The van der Waals surface area contributed by atoms with E-state index in [1.54, 1.807) is 4.90 Å². The number of fused-ring (bicyclic) bond motifs is 1. The second-order valence-corrected chi connectivity index (χ2v) is 7.04. The summed E-state index contributed by atoms with van der Waals surface area (Å²) in [5.41, 5.74) is 2.03. The summed E-state index contributed by atoms with van der Waals surface area (Å²) < 4.78 is 5.41. The Labute approximate surface area is 119 Å². The van der Waals surface area contributed by atoms with Gasteiger partial charge in [-0.1, -0.05) is 13.0 Å². The van der Waals surface area contributed by atoms with E-state index in [1.807, 2.05) is 32.5 Å². The first-order valence-corrected chi connectivity index (χ1v) is 7.60. The molecule has 4 heteroatoms. The zero-order chi connectivity index (χ0) is 14.0. The van der Waals surface area contributed by atoms with Crippen molar-refractivity contribution in [3.05, 3.63) is 29.3 Å². The average Bonchev–Trinajstić information content (AvgIpc) is 2.70. The van der Waals surface area contributed by atoms with Crippen molar-refractivity contribution in [2.24, 2.45) is 0 Å². The predicted octanol–water partition coefficient (Wildman–Crippen LogP) is 4.05. The number of rotatable bonds is 2. The van der Waals surface area contributed by atoms with Gasteiger partial charge in [-0.3, -0.25) is 4.90 Å². The lowest BCUT2D eigenvalue weighted by molar-refractivity contribution is 0.0242. The van der Waals surface area contributed by atoms with Crippen LogP contribution in [0.2, 0.25) is 0 Å². The van der Waals surface area contributed by atoms with Gasteiger partial charge in [0, 0.05) is 18.0 Å². The maximum absolute atomic E-state index is 12.0. The van der Waals surface area contributed by atoms with Crippen LogP contribution < -0.4 is 0 Å². The number of ether oxygens (including phenoxy) is 1. The molecule has 1 heterocycles. The molecular formula is C15H21NO2S. The third-order valence-electron chi connectivity index (χ3n) is 2.86. The third-order valence-corrected chi connectivity index (χ3v) is 3.74. The lowest BCUT2D eigenvalue weighted by Gasteiger charge is -2.24. The van der Waals surface area contributed by atoms with Gasteiger partial charge in [-0.2, -0.15) is 0 Å². The first-order chi connectivity index (χ1) is 8.89. The molecule has 0 aliphatic carbocycles. The van der Waals surface area contributed by atoms with Crippen molar-refractivity contribution in [2.75, 3.05) is 5.75 Å². The van der Waals surface area contributed by atoms with Crippen molar-refractivity contribution in [3.63, 3.8) is 0 Å². The van der Waals surface area contributed by atoms with Gasteiger partial charge < -0.3 is 4.74 Å². The molecule has 0 bridgehead atoms. The number of thioether (sulfide) groups is 1. The van der Waals surface area contributed by atoms with Crippen molar-refractivity contribution in [1.82, 2.24) is 4.90 Å². The van der Waals surface area contributed by atoms with Crippen LogP contribution >= 0.6 is 11.8 Å². The van der Waals surface area contributed by atoms with Crippen molar-refractivity contribution in [3.8, 4) is 0 Å². The van der Waals surface area contributed by atoms with Gasteiger partial charge in [-0.25, -0.2) is 4.79 Å². The van der Waals surface area contributed by atoms with Gasteiger partial charge >= 0.3 is 6.09 Å². The molecule has 2 rings (SSSR count). The van der Waals surface area contributed by atoms with E-state index in [0.29, 0.717) is 13.1 Å². The summed E-state index contributed by atoms with van der Waals surface area (Å²) in [5.74, 6) is 1.06. The molecule has 0 N–H and O–H groups in total. The highest BCUT2D eigenvalue weighted by Crippen LogP contribution is 2.28. The standard InChI is InChI=1S/C15H21NO2S/c1-5-19-13-7-6-11-9-16(10-12(11)8-13)14(17)18-15(2,3)4/h6-8H,5,9-10H2,1-4H3. The van der Waals surface area contributed by atoms with Crippen LogP contribution in [-0.2, 0) is 17.8 Å². The molecule has 0 saturated carbocycles. The molecule has 0 atom stereocenters. The van der Waals surface area contributed by atoms with Crippen LogP contribution in [-0.4, -0.2) is 22.3 Å². The van der Waals surface area contributed by atoms with E-state index in [4.69, 9.17) is 4.74 Å². The van der Waals surface area contributed by atoms with Crippen LogP contribution in [0.4, 0.5) is 4.79 Å². The zero-order valence-corrected chi connectivity index (χ0v) is 12.8. The minimum absolute atomic E-state index is 0.228. The van der Waals surface area contributed by atoms with Crippen molar-refractivity contribution < 1.29 is 9.53 Å². The van der Waals surface area contributed by atoms with E-state index in [9.17, 15) is 4.79 Å². The second kappa shape index (κ2) is 5.45. The van der Waals surface area contributed by atoms with Crippen molar-refractivity contribution in [2.45, 2.75) is 51.3 Å². The molecular weight excluding hydrogens is 258 g/mol. The maximum atomic E-state index is 12.0. The Morgan fingerprint density at radius 3 is 2.63 bits per heavy atom. The number of nitrogens with zero attached hydrogens (tertiary/aromatic N) is 1. The second-order valence-electron chi connectivity index (χ2n) is 5.70. The number of hydrogen-bond donors (Lipinski definition) is 0. The Balaban J connectivity index is 2.05. The normalized spacial score (nSPS) is 14.4. The van der Waals surface area contributed by atoms with Gasteiger partial charge in [0.05, 0.1) is 0 Å². The highest BCUT2D eigenvalue weighted by molar-refractivity contribution is 7.99. The molecule has 0 radical (unpaired) electrons. The van der Waals surface area contributed by atoms with E-state index in [1.165, 1.54) is 16.0 Å². The lowest BCUT2D eigenvalue weighted by Crippen LogP contribution is -2.33. The summed E-state index contributed by atoms with van der Waals surface area (Å²) in [6, 6.07) is 6.44. The monoisotopic (exact) mass is 279 g/mol. The fourth-order valence-corrected chi connectivity index (χ4v) is 2.81. The van der Waals surface area contributed by atoms with Gasteiger partial charge in [0.2, 0.25) is 0 Å². The number of hydrogen-bond acceptors (Lipinski definition) is 3. The van der Waals surface area contributed by atoms with Gasteiger partial charge in [-0.15, -0.1) is 11.8 Å². The summed E-state index contributed by atoms with van der Waals surface area (Å²) >= 11 is 1.83. The minimum atomic E-state index is -0.435. The molecule has 0 aromatic heterocycles. The zero-order valence-electron chi connectivity index (χ0n) is 12.0. The predicted molar refractivity (Wildman–Crippen MR) is 78.3 cm³/mol. The summed E-state index contributed by atoms with van der Waals surface area (Å²) in [7, 11) is 0. The quantitative estimate of drug-likeness (QED) is 0.765. The highest BCUT2D eigenvalue weighted by Gasteiger charge is 2.27. The van der Waals surface area contributed by atoms with E-state index in [0.717, 1.165) is 5.75 Å². The first-order valence-electron chi connectivity index (χ1n) is 6.61. The lowest BCUT2D eigenvalue weighted by atomic mass is 10.1. The summed E-state index contributed by atoms with van der Waals surface area (Å²) in [5, 5.41) is 0. The first kappa shape index (κ1) is 14.3. The van der Waals surface area contributed by atoms with Crippen LogP contribution in [0.15, 0.2) is 23.1 Å². The maximum Gasteiger partial charge on any atom is 0.410 e. The molecule has 1 aromatic carbocycles. The van der Waals surface area contributed by atoms with Gasteiger partial charge in [0.25, 0.3) is 0 Å². The Morgan fingerprint density at radius 1 is 1.32 bits per heavy atom. The topological polar surface area (TPSA) is 29.5 Å². The molecule has 1 aliphatic heterocycles. The van der Waals surface area contributed by atoms with Gasteiger partial charge in [0.1, 0.15) is 5.60 Å². The Hall–Kier alpha value is -1.16. The van der Waals surface area contributed by atoms with E-state index < -0.39 is 5.60 Å².